The maximum Gasteiger partial charge on any atom is 0.191 e. The molecule has 1 heterocycles. The van der Waals surface area contributed by atoms with Crippen LogP contribution in [-0.4, -0.2) is 56.2 Å². The van der Waals surface area contributed by atoms with Gasteiger partial charge in [-0.15, -0.1) is 0 Å². The maximum absolute atomic E-state index is 5.47. The molecule has 1 saturated heterocycles. The summed E-state index contributed by atoms with van der Waals surface area (Å²) in [5.41, 5.74) is 2.48. The predicted molar refractivity (Wildman–Crippen MR) is 110 cm³/mol. The van der Waals surface area contributed by atoms with Crippen LogP contribution in [0.3, 0.4) is 0 Å². The summed E-state index contributed by atoms with van der Waals surface area (Å²) in [6.07, 6.45) is 3.23. The lowest BCUT2D eigenvalue weighted by Gasteiger charge is -2.35. The van der Waals surface area contributed by atoms with Gasteiger partial charge in [0.15, 0.2) is 5.96 Å². The largest absolute Gasteiger partial charge is 0.496 e. The standard InChI is InChI=1S/C21H36N4O/c1-6-22-21(24-19-10-13-25(14-11-19)16(2)3)23-12-9-18-15-17(4)7-8-20(18)26-5/h7-8,15-16,19H,6,9-14H2,1-5H3,(H2,22,23,24). The number of nitrogens with zero attached hydrogens (tertiary/aromatic N) is 2. The fourth-order valence-electron chi connectivity index (χ4n) is 3.46. The molecular formula is C21H36N4O. The van der Waals surface area contributed by atoms with Gasteiger partial charge in [-0.05, 0) is 58.6 Å². The Labute approximate surface area is 159 Å². The molecule has 0 amide bonds. The first-order valence-corrected chi connectivity index (χ1v) is 9.95. The summed E-state index contributed by atoms with van der Waals surface area (Å²) in [6, 6.07) is 7.47. The van der Waals surface area contributed by atoms with E-state index in [2.05, 4.69) is 55.4 Å². The van der Waals surface area contributed by atoms with Crippen molar-refractivity contribution in [2.45, 2.75) is 59.0 Å². The smallest absolute Gasteiger partial charge is 0.191 e. The third kappa shape index (κ3) is 6.20. The second-order valence-corrected chi connectivity index (χ2v) is 7.37. The zero-order chi connectivity index (χ0) is 18.9. The van der Waals surface area contributed by atoms with Crippen LogP contribution in [0.1, 0.15) is 44.7 Å². The fraction of sp³-hybridized carbons (Fsp3) is 0.667. The molecule has 1 aromatic rings. The number of aryl methyl sites for hydroxylation is 1. The first-order chi connectivity index (χ1) is 12.5. The Balaban J connectivity index is 1.90. The molecular weight excluding hydrogens is 324 g/mol. The minimum atomic E-state index is 0.510. The van der Waals surface area contributed by atoms with Gasteiger partial charge < -0.3 is 20.3 Å². The van der Waals surface area contributed by atoms with E-state index >= 15 is 0 Å². The molecule has 2 N–H and O–H groups in total. The number of rotatable bonds is 7. The van der Waals surface area contributed by atoms with Crippen molar-refractivity contribution in [3.05, 3.63) is 29.3 Å². The van der Waals surface area contributed by atoms with Gasteiger partial charge in [0.1, 0.15) is 5.75 Å². The third-order valence-electron chi connectivity index (χ3n) is 5.03. The van der Waals surface area contributed by atoms with E-state index in [0.717, 1.165) is 44.3 Å². The molecule has 1 fully saturated rings. The van der Waals surface area contributed by atoms with Crippen molar-refractivity contribution in [2.75, 3.05) is 33.3 Å². The molecule has 0 spiro atoms. The number of hydrogen-bond acceptors (Lipinski definition) is 3. The second-order valence-electron chi connectivity index (χ2n) is 7.37. The van der Waals surface area contributed by atoms with Crippen molar-refractivity contribution < 1.29 is 4.74 Å². The van der Waals surface area contributed by atoms with Crippen LogP contribution in [0.15, 0.2) is 23.2 Å². The molecule has 1 aromatic carbocycles. The van der Waals surface area contributed by atoms with E-state index in [4.69, 9.17) is 9.73 Å². The molecule has 0 saturated carbocycles. The van der Waals surface area contributed by atoms with Crippen LogP contribution in [0.5, 0.6) is 5.75 Å². The lowest BCUT2D eigenvalue weighted by molar-refractivity contribution is 0.167. The van der Waals surface area contributed by atoms with Gasteiger partial charge in [0, 0.05) is 38.3 Å². The van der Waals surface area contributed by atoms with Crippen molar-refractivity contribution in [2.24, 2.45) is 4.99 Å². The molecule has 146 valence electrons. The first-order valence-electron chi connectivity index (χ1n) is 9.95. The summed E-state index contributed by atoms with van der Waals surface area (Å²) >= 11 is 0. The lowest BCUT2D eigenvalue weighted by atomic mass is 10.0. The van der Waals surface area contributed by atoms with Crippen molar-refractivity contribution in [1.82, 2.24) is 15.5 Å². The summed E-state index contributed by atoms with van der Waals surface area (Å²) in [5.74, 6) is 1.88. The summed E-state index contributed by atoms with van der Waals surface area (Å²) in [6.45, 7) is 12.7. The zero-order valence-corrected chi connectivity index (χ0v) is 17.1. The third-order valence-corrected chi connectivity index (χ3v) is 5.03. The Morgan fingerprint density at radius 1 is 1.31 bits per heavy atom. The SMILES string of the molecule is CCNC(=NCCc1cc(C)ccc1OC)NC1CCN(C(C)C)CC1. The van der Waals surface area contributed by atoms with Gasteiger partial charge >= 0.3 is 0 Å². The minimum Gasteiger partial charge on any atom is -0.496 e. The van der Waals surface area contributed by atoms with Crippen LogP contribution in [-0.2, 0) is 6.42 Å². The van der Waals surface area contributed by atoms with Crippen LogP contribution in [0.25, 0.3) is 0 Å². The quantitative estimate of drug-likeness (QED) is 0.580. The molecule has 2 rings (SSSR count). The van der Waals surface area contributed by atoms with Gasteiger partial charge in [0.05, 0.1) is 7.11 Å². The van der Waals surface area contributed by atoms with Gasteiger partial charge in [0.25, 0.3) is 0 Å². The Morgan fingerprint density at radius 2 is 2.04 bits per heavy atom. The number of hydrogen-bond donors (Lipinski definition) is 2. The highest BCUT2D eigenvalue weighted by Crippen LogP contribution is 2.20. The van der Waals surface area contributed by atoms with Gasteiger partial charge in [0.2, 0.25) is 0 Å². The first kappa shape index (κ1) is 20.6. The second kappa shape index (κ2) is 10.4. The Hall–Kier alpha value is -1.75. The Morgan fingerprint density at radius 3 is 2.65 bits per heavy atom. The fourth-order valence-corrected chi connectivity index (χ4v) is 3.46. The van der Waals surface area contributed by atoms with Crippen molar-refractivity contribution >= 4 is 5.96 Å². The monoisotopic (exact) mass is 360 g/mol. The number of benzene rings is 1. The molecule has 0 unspecified atom stereocenters. The molecule has 0 bridgehead atoms. The molecule has 0 aromatic heterocycles. The van der Waals surface area contributed by atoms with Gasteiger partial charge in [-0.1, -0.05) is 17.7 Å². The van der Waals surface area contributed by atoms with Crippen LogP contribution in [0.4, 0.5) is 0 Å². The molecule has 0 radical (unpaired) electrons. The maximum atomic E-state index is 5.47. The Kier molecular flexibility index (Phi) is 8.23. The highest BCUT2D eigenvalue weighted by Gasteiger charge is 2.21. The number of piperidine rings is 1. The summed E-state index contributed by atoms with van der Waals surface area (Å²) < 4.78 is 5.47. The topological polar surface area (TPSA) is 48.9 Å². The van der Waals surface area contributed by atoms with E-state index in [1.54, 1.807) is 7.11 Å². The van der Waals surface area contributed by atoms with Crippen molar-refractivity contribution in [3.8, 4) is 5.75 Å². The number of ether oxygens (including phenoxy) is 1. The van der Waals surface area contributed by atoms with E-state index in [0.29, 0.717) is 12.1 Å². The highest BCUT2D eigenvalue weighted by atomic mass is 16.5. The van der Waals surface area contributed by atoms with E-state index in [1.165, 1.54) is 24.0 Å². The van der Waals surface area contributed by atoms with E-state index in [1.807, 2.05) is 6.07 Å². The highest BCUT2D eigenvalue weighted by molar-refractivity contribution is 5.80. The van der Waals surface area contributed by atoms with Crippen LogP contribution in [0, 0.1) is 6.92 Å². The van der Waals surface area contributed by atoms with Crippen LogP contribution in [0.2, 0.25) is 0 Å². The normalized spacial score (nSPS) is 16.8. The molecule has 0 aliphatic carbocycles. The number of aliphatic imine (C=N–C) groups is 1. The average Bonchev–Trinajstić information content (AvgIpc) is 2.62. The van der Waals surface area contributed by atoms with Crippen LogP contribution >= 0.6 is 0 Å². The molecule has 26 heavy (non-hydrogen) atoms. The molecule has 1 aliphatic heterocycles. The zero-order valence-electron chi connectivity index (χ0n) is 17.1. The lowest BCUT2D eigenvalue weighted by Crippen LogP contribution is -2.49. The summed E-state index contributed by atoms with van der Waals surface area (Å²) in [4.78, 5) is 7.34. The average molecular weight is 361 g/mol. The number of nitrogens with one attached hydrogen (secondary N) is 2. The minimum absolute atomic E-state index is 0.510. The van der Waals surface area contributed by atoms with Gasteiger partial charge in [-0.3, -0.25) is 4.99 Å². The number of likely N-dealkylation sites (tertiary alicyclic amines) is 1. The Bertz CT molecular complexity index is 577. The molecule has 0 atom stereocenters. The molecule has 5 nitrogen and oxygen atoms in total. The van der Waals surface area contributed by atoms with Gasteiger partial charge in [-0.2, -0.15) is 0 Å². The summed E-state index contributed by atoms with van der Waals surface area (Å²) in [7, 11) is 1.73. The summed E-state index contributed by atoms with van der Waals surface area (Å²) in [5, 5.41) is 7.01. The number of methoxy groups -OCH3 is 1. The van der Waals surface area contributed by atoms with E-state index in [-0.39, 0.29) is 0 Å². The predicted octanol–water partition coefficient (Wildman–Crippen LogP) is 2.97. The molecule has 5 heteroatoms. The molecule has 1 aliphatic rings. The van der Waals surface area contributed by atoms with Crippen molar-refractivity contribution in [1.29, 1.82) is 0 Å². The van der Waals surface area contributed by atoms with E-state index in [9.17, 15) is 0 Å². The van der Waals surface area contributed by atoms with Gasteiger partial charge in [-0.25, -0.2) is 0 Å². The van der Waals surface area contributed by atoms with Crippen LogP contribution < -0.4 is 15.4 Å². The van der Waals surface area contributed by atoms with Crippen molar-refractivity contribution in [3.63, 3.8) is 0 Å². The van der Waals surface area contributed by atoms with E-state index < -0.39 is 0 Å². The number of guanidine groups is 1.